The third kappa shape index (κ3) is 2.89. The number of amides is 2. The van der Waals surface area contributed by atoms with Gasteiger partial charge in [-0.2, -0.15) is 0 Å². The van der Waals surface area contributed by atoms with Crippen LogP contribution in [0, 0.1) is 0 Å². The van der Waals surface area contributed by atoms with Gasteiger partial charge in [-0.25, -0.2) is 4.79 Å². The van der Waals surface area contributed by atoms with Crippen LogP contribution in [0.15, 0.2) is 30.3 Å². The Kier molecular flexibility index (Phi) is 4.10. The quantitative estimate of drug-likeness (QED) is 0.885. The first kappa shape index (κ1) is 13.9. The zero-order chi connectivity index (χ0) is 14.0. The molecule has 2 rings (SSSR count). The predicted octanol–water partition coefficient (Wildman–Crippen LogP) is 2.05. The molecule has 0 spiro atoms. The molecule has 19 heavy (non-hydrogen) atoms. The molecule has 0 aliphatic carbocycles. The molecule has 4 nitrogen and oxygen atoms in total. The topological polar surface area (TPSA) is 49.6 Å². The van der Waals surface area contributed by atoms with Crippen molar-refractivity contribution in [3.8, 4) is 0 Å². The Morgan fingerprint density at radius 2 is 1.84 bits per heavy atom. The van der Waals surface area contributed by atoms with Crippen LogP contribution in [0.25, 0.3) is 0 Å². The summed E-state index contributed by atoms with van der Waals surface area (Å²) in [6.07, 6.45) is 0. The maximum absolute atomic E-state index is 11.5. The van der Waals surface area contributed by atoms with E-state index in [1.807, 2.05) is 6.07 Å². The van der Waals surface area contributed by atoms with Crippen LogP contribution in [0.4, 0.5) is 4.79 Å². The summed E-state index contributed by atoms with van der Waals surface area (Å²) in [7, 11) is 0. The van der Waals surface area contributed by atoms with Crippen LogP contribution >= 0.6 is 0 Å². The highest BCUT2D eigenvalue weighted by atomic mass is 16.2. The molecule has 3 atom stereocenters. The Labute approximate surface area is 115 Å². The molecule has 2 N–H and O–H groups in total. The Morgan fingerprint density at radius 3 is 2.42 bits per heavy atom. The zero-order valence-electron chi connectivity index (χ0n) is 11.9. The molecule has 1 aliphatic heterocycles. The monoisotopic (exact) mass is 261 g/mol. The molecule has 1 aliphatic rings. The lowest BCUT2D eigenvalue weighted by atomic mass is 9.99. The van der Waals surface area contributed by atoms with Gasteiger partial charge in [0.2, 0.25) is 0 Å². The van der Waals surface area contributed by atoms with Gasteiger partial charge in [0.05, 0.1) is 0 Å². The fourth-order valence-electron chi connectivity index (χ4n) is 2.88. The molecule has 4 heteroatoms. The van der Waals surface area contributed by atoms with Gasteiger partial charge in [-0.1, -0.05) is 30.3 Å². The van der Waals surface area contributed by atoms with Crippen molar-refractivity contribution in [3.05, 3.63) is 35.9 Å². The molecule has 0 radical (unpaired) electrons. The van der Waals surface area contributed by atoms with Crippen LogP contribution < -0.4 is 5.73 Å². The van der Waals surface area contributed by atoms with Crippen molar-refractivity contribution in [2.45, 2.75) is 45.4 Å². The maximum atomic E-state index is 11.5. The summed E-state index contributed by atoms with van der Waals surface area (Å²) in [5.74, 6) is 0. The molecule has 3 unspecified atom stereocenters. The van der Waals surface area contributed by atoms with Crippen molar-refractivity contribution in [1.82, 2.24) is 9.80 Å². The Morgan fingerprint density at radius 1 is 1.21 bits per heavy atom. The van der Waals surface area contributed by atoms with E-state index in [9.17, 15) is 4.79 Å². The second-order valence-corrected chi connectivity index (χ2v) is 5.48. The van der Waals surface area contributed by atoms with Gasteiger partial charge in [-0.15, -0.1) is 0 Å². The summed E-state index contributed by atoms with van der Waals surface area (Å²) < 4.78 is 0. The zero-order valence-corrected chi connectivity index (χ0v) is 11.9. The van der Waals surface area contributed by atoms with Gasteiger partial charge in [0.1, 0.15) is 0 Å². The van der Waals surface area contributed by atoms with Crippen molar-refractivity contribution < 1.29 is 4.79 Å². The first-order chi connectivity index (χ1) is 9.00. The lowest BCUT2D eigenvalue weighted by Gasteiger charge is -2.48. The minimum Gasteiger partial charge on any atom is -0.351 e. The number of benzene rings is 1. The second kappa shape index (κ2) is 5.61. The van der Waals surface area contributed by atoms with Crippen molar-refractivity contribution in [1.29, 1.82) is 0 Å². The van der Waals surface area contributed by atoms with E-state index in [1.165, 1.54) is 5.56 Å². The highest BCUT2D eigenvalue weighted by Crippen LogP contribution is 2.23. The highest BCUT2D eigenvalue weighted by molar-refractivity contribution is 5.72. The molecule has 0 bridgehead atoms. The van der Waals surface area contributed by atoms with Crippen molar-refractivity contribution in [2.75, 3.05) is 6.54 Å². The molecule has 2 amide bonds. The number of carbonyl (C=O) groups excluding carboxylic acids is 1. The van der Waals surface area contributed by atoms with Crippen LogP contribution in [0.2, 0.25) is 0 Å². The summed E-state index contributed by atoms with van der Waals surface area (Å²) in [5.41, 5.74) is 6.75. The largest absolute Gasteiger partial charge is 0.351 e. The molecule has 1 aromatic rings. The molecule has 1 saturated heterocycles. The van der Waals surface area contributed by atoms with E-state index < -0.39 is 0 Å². The molecule has 0 saturated carbocycles. The third-order valence-corrected chi connectivity index (χ3v) is 4.23. The first-order valence-corrected chi connectivity index (χ1v) is 6.86. The van der Waals surface area contributed by atoms with Crippen LogP contribution in [0.5, 0.6) is 0 Å². The van der Waals surface area contributed by atoms with Crippen molar-refractivity contribution >= 4 is 6.03 Å². The average molecular weight is 261 g/mol. The number of nitrogens with zero attached hydrogens (tertiary/aromatic N) is 2. The summed E-state index contributed by atoms with van der Waals surface area (Å²) in [6, 6.07) is 10.9. The van der Waals surface area contributed by atoms with Gasteiger partial charge >= 0.3 is 6.03 Å². The van der Waals surface area contributed by atoms with Gasteiger partial charge in [-0.3, -0.25) is 4.90 Å². The van der Waals surface area contributed by atoms with E-state index in [4.69, 9.17) is 5.73 Å². The summed E-state index contributed by atoms with van der Waals surface area (Å²) >= 11 is 0. The Hall–Kier alpha value is -1.55. The summed E-state index contributed by atoms with van der Waals surface area (Å²) in [4.78, 5) is 15.7. The maximum Gasteiger partial charge on any atom is 0.315 e. The predicted molar refractivity (Wildman–Crippen MR) is 76.7 cm³/mol. The normalized spacial score (nSPS) is 28.4. The molecular weight excluding hydrogens is 238 g/mol. The van der Waals surface area contributed by atoms with Crippen LogP contribution in [0.3, 0.4) is 0 Å². The van der Waals surface area contributed by atoms with Gasteiger partial charge in [-0.05, 0) is 26.3 Å². The standard InChI is InChI=1S/C15H23N3O/c1-11-9-18(15(16)19)13(3)12(2)17(11)10-14-7-5-4-6-8-14/h4-8,11-13H,9-10H2,1-3H3,(H2,16,19). The average Bonchev–Trinajstić information content (AvgIpc) is 2.40. The van der Waals surface area contributed by atoms with Gasteiger partial charge in [0.15, 0.2) is 0 Å². The molecule has 0 aromatic heterocycles. The fourth-order valence-corrected chi connectivity index (χ4v) is 2.88. The number of primary amides is 1. The minimum atomic E-state index is -0.314. The number of piperazine rings is 1. The smallest absolute Gasteiger partial charge is 0.315 e. The van der Waals surface area contributed by atoms with E-state index in [2.05, 4.69) is 49.9 Å². The number of nitrogens with two attached hydrogens (primary N) is 1. The fraction of sp³-hybridized carbons (Fsp3) is 0.533. The minimum absolute atomic E-state index is 0.150. The Bertz CT molecular complexity index is 434. The van der Waals surface area contributed by atoms with Crippen LogP contribution in [0.1, 0.15) is 26.3 Å². The van der Waals surface area contributed by atoms with Crippen LogP contribution in [-0.4, -0.2) is 40.5 Å². The number of carbonyl (C=O) groups is 1. The summed E-state index contributed by atoms with van der Waals surface area (Å²) in [5, 5.41) is 0. The third-order valence-electron chi connectivity index (χ3n) is 4.23. The molecular formula is C15H23N3O. The lowest BCUT2D eigenvalue weighted by Crippen LogP contribution is -2.63. The van der Waals surface area contributed by atoms with E-state index >= 15 is 0 Å². The number of rotatable bonds is 2. The van der Waals surface area contributed by atoms with E-state index in [0.29, 0.717) is 18.6 Å². The SMILES string of the molecule is CC1C(C)N(Cc2ccccc2)C(C)CN1C(N)=O. The number of urea groups is 1. The number of hydrogen-bond donors (Lipinski definition) is 1. The van der Waals surface area contributed by atoms with Crippen molar-refractivity contribution in [2.24, 2.45) is 5.73 Å². The van der Waals surface area contributed by atoms with Gasteiger partial charge in [0.25, 0.3) is 0 Å². The second-order valence-electron chi connectivity index (χ2n) is 5.48. The molecule has 1 heterocycles. The van der Waals surface area contributed by atoms with E-state index in [0.717, 1.165) is 6.54 Å². The molecule has 1 fully saturated rings. The molecule has 1 aromatic carbocycles. The molecule has 104 valence electrons. The Balaban J connectivity index is 2.12. The van der Waals surface area contributed by atoms with E-state index in [-0.39, 0.29) is 12.1 Å². The lowest BCUT2D eigenvalue weighted by molar-refractivity contribution is 0.0153. The highest BCUT2D eigenvalue weighted by Gasteiger charge is 2.36. The number of hydrogen-bond acceptors (Lipinski definition) is 2. The van der Waals surface area contributed by atoms with E-state index in [1.54, 1.807) is 4.90 Å². The van der Waals surface area contributed by atoms with Crippen molar-refractivity contribution in [3.63, 3.8) is 0 Å². The summed E-state index contributed by atoms with van der Waals surface area (Å²) in [6.45, 7) is 8.01. The van der Waals surface area contributed by atoms with Gasteiger partial charge < -0.3 is 10.6 Å². The van der Waals surface area contributed by atoms with Gasteiger partial charge in [0, 0.05) is 31.2 Å². The van der Waals surface area contributed by atoms with Crippen LogP contribution in [-0.2, 0) is 6.54 Å². The first-order valence-electron chi connectivity index (χ1n) is 6.86.